The summed E-state index contributed by atoms with van der Waals surface area (Å²) in [4.78, 5) is 18.5. The summed E-state index contributed by atoms with van der Waals surface area (Å²) in [6.07, 6.45) is 1.62. The van der Waals surface area contributed by atoms with E-state index in [9.17, 15) is 4.79 Å². The van der Waals surface area contributed by atoms with Gasteiger partial charge in [-0.2, -0.15) is 0 Å². The number of carbonyl (C=O) groups excluding carboxylic acids is 1. The number of nitrogens with zero attached hydrogens (tertiary/aromatic N) is 2. The van der Waals surface area contributed by atoms with E-state index < -0.39 is 0 Å². The second-order valence-corrected chi connectivity index (χ2v) is 7.98. The van der Waals surface area contributed by atoms with Gasteiger partial charge in [-0.1, -0.05) is 48.5 Å². The molecule has 3 aromatic rings. The molecule has 4 nitrogen and oxygen atoms in total. The van der Waals surface area contributed by atoms with Gasteiger partial charge in [-0.3, -0.25) is 9.69 Å². The van der Waals surface area contributed by atoms with Crippen molar-refractivity contribution in [1.29, 1.82) is 0 Å². The highest BCUT2D eigenvalue weighted by Crippen LogP contribution is 2.26. The maximum Gasteiger partial charge on any atom is 0.289 e. The molecule has 0 aliphatic carbocycles. The van der Waals surface area contributed by atoms with E-state index in [2.05, 4.69) is 41.3 Å². The van der Waals surface area contributed by atoms with Crippen LogP contribution in [0.2, 0.25) is 0 Å². The van der Waals surface area contributed by atoms with Gasteiger partial charge in [0.1, 0.15) is 0 Å². The molecule has 0 atom stereocenters. The van der Waals surface area contributed by atoms with E-state index in [1.54, 1.807) is 18.0 Å². The molecule has 1 aromatic heterocycles. The Hall–Kier alpha value is -2.50. The number of hydrogen-bond donors (Lipinski definition) is 0. The predicted octanol–water partition coefficient (Wildman–Crippen LogP) is 4.53. The number of hydrogen-bond acceptors (Lipinski definition) is 4. The summed E-state index contributed by atoms with van der Waals surface area (Å²) in [5, 5.41) is 0. The summed E-state index contributed by atoms with van der Waals surface area (Å²) in [6.45, 7) is 4.17. The lowest BCUT2D eigenvalue weighted by Crippen LogP contribution is -2.48. The van der Waals surface area contributed by atoms with Crippen LogP contribution in [0.4, 0.5) is 0 Å². The van der Waals surface area contributed by atoms with Gasteiger partial charge in [-0.05, 0) is 23.8 Å². The fourth-order valence-corrected chi connectivity index (χ4v) is 4.31. The number of amides is 1. The minimum absolute atomic E-state index is 0.00743. The third-order valence-corrected chi connectivity index (χ3v) is 6.05. The average Bonchev–Trinajstić information content (AvgIpc) is 3.22. The van der Waals surface area contributed by atoms with Crippen LogP contribution in [0.25, 0.3) is 0 Å². The van der Waals surface area contributed by atoms with Crippen molar-refractivity contribution in [3.63, 3.8) is 0 Å². The minimum Gasteiger partial charge on any atom is -0.459 e. The molecule has 0 bridgehead atoms. The molecule has 28 heavy (non-hydrogen) atoms. The second-order valence-electron chi connectivity index (χ2n) is 6.93. The summed E-state index contributed by atoms with van der Waals surface area (Å²) in [5.41, 5.74) is 2.28. The molecule has 4 rings (SSSR count). The Balaban J connectivity index is 1.32. The molecule has 2 heterocycles. The van der Waals surface area contributed by atoms with Crippen LogP contribution in [-0.2, 0) is 12.3 Å². The molecule has 0 N–H and O–H groups in total. The predicted molar refractivity (Wildman–Crippen MR) is 112 cm³/mol. The number of carbonyl (C=O) groups is 1. The van der Waals surface area contributed by atoms with E-state index in [-0.39, 0.29) is 5.91 Å². The molecular formula is C23H24N2O2S. The average molecular weight is 393 g/mol. The monoisotopic (exact) mass is 392 g/mol. The van der Waals surface area contributed by atoms with Crippen molar-refractivity contribution < 1.29 is 9.21 Å². The quantitative estimate of drug-likeness (QED) is 0.578. The molecular weight excluding hydrogens is 368 g/mol. The fourth-order valence-electron chi connectivity index (χ4n) is 3.41. The summed E-state index contributed by atoms with van der Waals surface area (Å²) in [5.74, 6) is 1.23. The lowest BCUT2D eigenvalue weighted by atomic mass is 10.2. The number of piperazine rings is 1. The maximum atomic E-state index is 13.0. The van der Waals surface area contributed by atoms with Crippen molar-refractivity contribution in [3.05, 3.63) is 89.9 Å². The Labute approximate surface area is 170 Å². The second kappa shape index (κ2) is 9.13. The molecule has 2 aromatic carbocycles. The Kier molecular flexibility index (Phi) is 6.14. The molecule has 1 saturated heterocycles. The molecule has 0 radical (unpaired) electrons. The summed E-state index contributed by atoms with van der Waals surface area (Å²) in [6, 6.07) is 22.6. The minimum atomic E-state index is 0.00743. The van der Waals surface area contributed by atoms with Crippen molar-refractivity contribution in [2.45, 2.75) is 17.2 Å². The first-order valence-corrected chi connectivity index (χ1v) is 10.6. The van der Waals surface area contributed by atoms with Gasteiger partial charge < -0.3 is 9.32 Å². The van der Waals surface area contributed by atoms with Crippen molar-refractivity contribution >= 4 is 17.7 Å². The van der Waals surface area contributed by atoms with Crippen LogP contribution in [0, 0.1) is 0 Å². The van der Waals surface area contributed by atoms with E-state index in [4.69, 9.17) is 4.42 Å². The SMILES string of the molecule is O=C(c1occc1CSc1ccccc1)N1CCN(Cc2ccccc2)CC1. The van der Waals surface area contributed by atoms with Gasteiger partial charge in [0.2, 0.25) is 0 Å². The molecule has 1 fully saturated rings. The topological polar surface area (TPSA) is 36.7 Å². The van der Waals surface area contributed by atoms with Gasteiger partial charge in [-0.15, -0.1) is 11.8 Å². The molecule has 1 amide bonds. The molecule has 1 aliphatic heterocycles. The van der Waals surface area contributed by atoms with Gasteiger partial charge in [0, 0.05) is 48.9 Å². The Morgan fingerprint density at radius 3 is 2.29 bits per heavy atom. The first-order chi connectivity index (χ1) is 13.8. The summed E-state index contributed by atoms with van der Waals surface area (Å²) in [7, 11) is 0. The van der Waals surface area contributed by atoms with E-state index in [1.165, 1.54) is 10.5 Å². The largest absolute Gasteiger partial charge is 0.459 e. The van der Waals surface area contributed by atoms with Gasteiger partial charge in [0.15, 0.2) is 5.76 Å². The third-order valence-electron chi connectivity index (χ3n) is 4.99. The van der Waals surface area contributed by atoms with Gasteiger partial charge >= 0.3 is 0 Å². The van der Waals surface area contributed by atoms with Crippen LogP contribution in [-0.4, -0.2) is 41.9 Å². The number of benzene rings is 2. The summed E-state index contributed by atoms with van der Waals surface area (Å²) < 4.78 is 5.57. The zero-order valence-corrected chi connectivity index (χ0v) is 16.6. The zero-order chi connectivity index (χ0) is 19.2. The highest BCUT2D eigenvalue weighted by Gasteiger charge is 2.26. The molecule has 0 spiro atoms. The van der Waals surface area contributed by atoms with E-state index >= 15 is 0 Å². The van der Waals surface area contributed by atoms with Crippen LogP contribution in [0.5, 0.6) is 0 Å². The van der Waals surface area contributed by atoms with Crippen LogP contribution >= 0.6 is 11.8 Å². The Morgan fingerprint density at radius 1 is 0.893 bits per heavy atom. The van der Waals surface area contributed by atoms with E-state index in [0.29, 0.717) is 5.76 Å². The molecule has 5 heteroatoms. The van der Waals surface area contributed by atoms with Crippen LogP contribution in [0.3, 0.4) is 0 Å². The van der Waals surface area contributed by atoms with Crippen molar-refractivity contribution in [1.82, 2.24) is 9.80 Å². The number of rotatable bonds is 6. The highest BCUT2D eigenvalue weighted by atomic mass is 32.2. The Bertz CT molecular complexity index is 887. The van der Waals surface area contributed by atoms with Gasteiger partial charge in [-0.25, -0.2) is 0 Å². The normalized spacial score (nSPS) is 14.9. The first kappa shape index (κ1) is 18.8. The van der Waals surface area contributed by atoms with E-state index in [0.717, 1.165) is 44.0 Å². The lowest BCUT2D eigenvalue weighted by Gasteiger charge is -2.34. The van der Waals surface area contributed by atoms with Crippen LogP contribution in [0.15, 0.2) is 82.3 Å². The van der Waals surface area contributed by atoms with Crippen LogP contribution < -0.4 is 0 Å². The summed E-state index contributed by atoms with van der Waals surface area (Å²) >= 11 is 1.72. The third kappa shape index (κ3) is 4.66. The standard InChI is InChI=1S/C23H24N2O2S/c26-23(22-20(11-16-27-22)18-28-21-9-5-2-6-10-21)25-14-12-24(13-15-25)17-19-7-3-1-4-8-19/h1-11,16H,12-15,17-18H2. The smallest absolute Gasteiger partial charge is 0.289 e. The maximum absolute atomic E-state index is 13.0. The van der Waals surface area contributed by atoms with E-state index in [1.807, 2.05) is 35.2 Å². The number of thioether (sulfide) groups is 1. The van der Waals surface area contributed by atoms with Gasteiger partial charge in [0.25, 0.3) is 5.91 Å². The van der Waals surface area contributed by atoms with Crippen molar-refractivity contribution in [2.24, 2.45) is 0 Å². The first-order valence-electron chi connectivity index (χ1n) is 9.59. The molecule has 1 aliphatic rings. The van der Waals surface area contributed by atoms with Crippen LogP contribution in [0.1, 0.15) is 21.7 Å². The molecule has 0 unspecified atom stereocenters. The van der Waals surface area contributed by atoms with Crippen molar-refractivity contribution in [2.75, 3.05) is 26.2 Å². The zero-order valence-electron chi connectivity index (χ0n) is 15.8. The highest BCUT2D eigenvalue weighted by molar-refractivity contribution is 7.98. The van der Waals surface area contributed by atoms with Crippen molar-refractivity contribution in [3.8, 4) is 0 Å². The lowest BCUT2D eigenvalue weighted by molar-refractivity contribution is 0.0596. The number of furan rings is 1. The molecule has 144 valence electrons. The fraction of sp³-hybridized carbons (Fsp3) is 0.261. The van der Waals surface area contributed by atoms with Gasteiger partial charge in [0.05, 0.1) is 6.26 Å². The molecule has 0 saturated carbocycles. The Morgan fingerprint density at radius 2 is 1.57 bits per heavy atom.